The number of nitrogens with one attached hydrogen (secondary N) is 2. The smallest absolute Gasteiger partial charge is 0.227 e. The zero-order valence-corrected chi connectivity index (χ0v) is 14.5. The molecule has 0 aliphatic rings. The van der Waals surface area contributed by atoms with Crippen molar-refractivity contribution in [3.63, 3.8) is 0 Å². The highest BCUT2D eigenvalue weighted by atomic mass is 35.5. The highest BCUT2D eigenvalue weighted by Gasteiger charge is 2.27. The Morgan fingerprint density at radius 1 is 1.36 bits per heavy atom. The Morgan fingerprint density at radius 2 is 2.09 bits per heavy atom. The van der Waals surface area contributed by atoms with Crippen LogP contribution in [0.15, 0.2) is 29.6 Å². The minimum atomic E-state index is -0.494. The van der Waals surface area contributed by atoms with Crippen LogP contribution in [-0.4, -0.2) is 24.0 Å². The molecule has 0 fully saturated rings. The quantitative estimate of drug-likeness (QED) is 0.836. The van der Waals surface area contributed by atoms with Crippen LogP contribution in [0, 0.1) is 5.41 Å². The third kappa shape index (κ3) is 3.99. The minimum Gasteiger partial charge on any atom is -0.360 e. The molecular formula is C16H20ClN3OS. The summed E-state index contributed by atoms with van der Waals surface area (Å²) in [5.74, 6) is 0.0328. The number of aromatic nitrogens is 1. The first-order valence-corrected chi connectivity index (χ1v) is 8.42. The Hall–Kier alpha value is -1.59. The minimum absolute atomic E-state index is 0.0328. The number of halogens is 1. The number of benzene rings is 1. The molecule has 22 heavy (non-hydrogen) atoms. The number of nitrogens with zero attached hydrogens (tertiary/aromatic N) is 1. The zero-order valence-electron chi connectivity index (χ0n) is 12.9. The van der Waals surface area contributed by atoms with E-state index in [2.05, 4.69) is 15.6 Å². The van der Waals surface area contributed by atoms with Crippen molar-refractivity contribution in [2.75, 3.05) is 18.4 Å². The summed E-state index contributed by atoms with van der Waals surface area (Å²) >= 11 is 7.69. The Bertz CT molecular complexity index is 654. The first kappa shape index (κ1) is 16.8. The van der Waals surface area contributed by atoms with Crippen LogP contribution in [0.2, 0.25) is 5.02 Å². The maximum Gasteiger partial charge on any atom is 0.227 e. The van der Waals surface area contributed by atoms with E-state index in [1.165, 1.54) is 11.3 Å². The van der Waals surface area contributed by atoms with Gasteiger partial charge in [0.2, 0.25) is 5.91 Å². The molecule has 0 aliphatic heterocycles. The van der Waals surface area contributed by atoms with Gasteiger partial charge in [0.15, 0.2) is 5.13 Å². The molecule has 0 radical (unpaired) electrons. The Kier molecular flexibility index (Phi) is 5.42. The van der Waals surface area contributed by atoms with Crippen molar-refractivity contribution in [1.29, 1.82) is 0 Å². The fraction of sp³-hybridized carbons (Fsp3) is 0.375. The van der Waals surface area contributed by atoms with Gasteiger partial charge < -0.3 is 10.6 Å². The fourth-order valence-corrected chi connectivity index (χ4v) is 2.87. The number of amides is 1. The van der Waals surface area contributed by atoms with Gasteiger partial charge >= 0.3 is 0 Å². The second kappa shape index (κ2) is 7.11. The van der Waals surface area contributed by atoms with Crippen LogP contribution in [0.1, 0.15) is 20.8 Å². The molecule has 2 aromatic rings. The average molecular weight is 338 g/mol. The van der Waals surface area contributed by atoms with Gasteiger partial charge in [-0.25, -0.2) is 4.98 Å². The molecule has 0 saturated heterocycles. The van der Waals surface area contributed by atoms with Gasteiger partial charge in [-0.15, -0.1) is 11.3 Å². The van der Waals surface area contributed by atoms with Crippen LogP contribution >= 0.6 is 22.9 Å². The molecule has 1 aromatic heterocycles. The first-order chi connectivity index (χ1) is 10.4. The van der Waals surface area contributed by atoms with Crippen molar-refractivity contribution in [3.8, 4) is 11.3 Å². The molecule has 0 unspecified atom stereocenters. The van der Waals surface area contributed by atoms with E-state index in [0.29, 0.717) is 18.1 Å². The number of hydrogen-bond acceptors (Lipinski definition) is 4. The van der Waals surface area contributed by atoms with Crippen molar-refractivity contribution in [2.45, 2.75) is 20.8 Å². The van der Waals surface area contributed by atoms with E-state index in [0.717, 1.165) is 16.4 Å². The van der Waals surface area contributed by atoms with Crippen molar-refractivity contribution >= 4 is 34.0 Å². The lowest BCUT2D eigenvalue weighted by atomic mass is 9.92. The topological polar surface area (TPSA) is 54.0 Å². The van der Waals surface area contributed by atoms with E-state index in [9.17, 15) is 4.79 Å². The van der Waals surface area contributed by atoms with Crippen molar-refractivity contribution < 1.29 is 4.79 Å². The van der Waals surface area contributed by atoms with E-state index in [1.807, 2.05) is 50.4 Å². The Morgan fingerprint density at radius 3 is 2.77 bits per heavy atom. The third-order valence-corrected chi connectivity index (χ3v) is 4.42. The van der Waals surface area contributed by atoms with E-state index in [-0.39, 0.29) is 5.91 Å². The van der Waals surface area contributed by atoms with Crippen LogP contribution in [0.3, 0.4) is 0 Å². The van der Waals surface area contributed by atoms with E-state index in [4.69, 9.17) is 11.6 Å². The predicted molar refractivity (Wildman–Crippen MR) is 93.5 cm³/mol. The van der Waals surface area contributed by atoms with Crippen molar-refractivity contribution in [1.82, 2.24) is 10.3 Å². The number of anilines is 1. The van der Waals surface area contributed by atoms with Crippen LogP contribution < -0.4 is 10.6 Å². The summed E-state index contributed by atoms with van der Waals surface area (Å²) in [4.78, 5) is 16.5. The summed E-state index contributed by atoms with van der Waals surface area (Å²) in [7, 11) is 0. The molecule has 2 rings (SSSR count). The molecule has 0 saturated carbocycles. The fourth-order valence-electron chi connectivity index (χ4n) is 1.92. The summed E-state index contributed by atoms with van der Waals surface area (Å²) in [5.41, 5.74) is 1.26. The summed E-state index contributed by atoms with van der Waals surface area (Å²) in [6.07, 6.45) is 0. The highest BCUT2D eigenvalue weighted by Crippen LogP contribution is 2.30. The lowest BCUT2D eigenvalue weighted by molar-refractivity contribution is -0.128. The lowest BCUT2D eigenvalue weighted by Crippen LogP contribution is -2.41. The Labute approximate surface area is 139 Å². The SMILES string of the molecule is CCNC(=O)C(C)(C)CNc1nc(-c2ccccc2Cl)cs1. The zero-order chi connectivity index (χ0) is 16.2. The van der Waals surface area contributed by atoms with Crippen molar-refractivity contribution in [3.05, 3.63) is 34.7 Å². The van der Waals surface area contributed by atoms with E-state index >= 15 is 0 Å². The molecule has 2 N–H and O–H groups in total. The van der Waals surface area contributed by atoms with E-state index in [1.54, 1.807) is 0 Å². The summed E-state index contributed by atoms with van der Waals surface area (Å²) in [6, 6.07) is 7.62. The summed E-state index contributed by atoms with van der Waals surface area (Å²) in [6.45, 7) is 6.89. The molecule has 1 amide bonds. The summed E-state index contributed by atoms with van der Waals surface area (Å²) in [5, 5.41) is 9.51. The number of rotatable bonds is 6. The van der Waals surface area contributed by atoms with Crippen LogP contribution in [0.25, 0.3) is 11.3 Å². The third-order valence-electron chi connectivity index (χ3n) is 3.29. The van der Waals surface area contributed by atoms with Gasteiger partial charge in [-0.2, -0.15) is 0 Å². The first-order valence-electron chi connectivity index (χ1n) is 7.16. The molecule has 4 nitrogen and oxygen atoms in total. The van der Waals surface area contributed by atoms with Crippen LogP contribution in [-0.2, 0) is 4.79 Å². The second-order valence-electron chi connectivity index (χ2n) is 5.61. The van der Waals surface area contributed by atoms with Crippen LogP contribution in [0.5, 0.6) is 0 Å². The van der Waals surface area contributed by atoms with Crippen LogP contribution in [0.4, 0.5) is 5.13 Å². The van der Waals surface area contributed by atoms with Gasteiger partial charge in [-0.1, -0.05) is 29.8 Å². The lowest BCUT2D eigenvalue weighted by Gasteiger charge is -2.23. The van der Waals surface area contributed by atoms with Gasteiger partial charge in [-0.05, 0) is 26.8 Å². The maximum absolute atomic E-state index is 12.0. The molecule has 118 valence electrons. The van der Waals surface area contributed by atoms with Crippen molar-refractivity contribution in [2.24, 2.45) is 5.41 Å². The van der Waals surface area contributed by atoms with Gasteiger partial charge in [0.25, 0.3) is 0 Å². The molecule has 0 spiro atoms. The second-order valence-corrected chi connectivity index (χ2v) is 6.88. The highest BCUT2D eigenvalue weighted by molar-refractivity contribution is 7.14. The number of carbonyl (C=O) groups is 1. The van der Waals surface area contributed by atoms with Gasteiger partial charge in [-0.3, -0.25) is 4.79 Å². The predicted octanol–water partition coefficient (Wildman–Crippen LogP) is 4.04. The molecule has 0 aliphatic carbocycles. The maximum atomic E-state index is 12.0. The summed E-state index contributed by atoms with van der Waals surface area (Å²) < 4.78 is 0. The standard InChI is InChI=1S/C16H20ClN3OS/c1-4-18-14(21)16(2,3)10-19-15-20-13(9-22-15)11-7-5-6-8-12(11)17/h5-9H,4,10H2,1-3H3,(H,18,21)(H,19,20). The molecule has 6 heteroatoms. The number of thiazole rings is 1. The molecule has 1 aromatic carbocycles. The molecule has 1 heterocycles. The Balaban J connectivity index is 2.04. The number of carbonyl (C=O) groups excluding carboxylic acids is 1. The molecular weight excluding hydrogens is 318 g/mol. The van der Waals surface area contributed by atoms with Gasteiger partial charge in [0, 0.05) is 29.1 Å². The molecule has 0 bridgehead atoms. The van der Waals surface area contributed by atoms with Gasteiger partial charge in [0.1, 0.15) is 0 Å². The average Bonchev–Trinajstić information content (AvgIpc) is 2.95. The molecule has 0 atom stereocenters. The van der Waals surface area contributed by atoms with E-state index < -0.39 is 5.41 Å². The monoisotopic (exact) mass is 337 g/mol. The largest absolute Gasteiger partial charge is 0.360 e. The van der Waals surface area contributed by atoms with Gasteiger partial charge in [0.05, 0.1) is 11.1 Å². The normalized spacial score (nSPS) is 11.3. The number of hydrogen-bond donors (Lipinski definition) is 2.